The number of hydrogen-bond donors (Lipinski definition) is 2. The molecule has 0 radical (unpaired) electrons. The molecule has 1 unspecified atom stereocenters. The summed E-state index contributed by atoms with van der Waals surface area (Å²) in [7, 11) is 0. The van der Waals surface area contributed by atoms with Crippen molar-refractivity contribution in [2.75, 3.05) is 0 Å². The summed E-state index contributed by atoms with van der Waals surface area (Å²) in [5.41, 5.74) is 2.04. The third-order valence-electron chi connectivity index (χ3n) is 5.13. The number of rotatable bonds is 6. The summed E-state index contributed by atoms with van der Waals surface area (Å²) in [5.74, 6) is -0.366. The van der Waals surface area contributed by atoms with Crippen LogP contribution >= 0.6 is 0 Å². The molecule has 1 amide bonds. The number of carbonyl (C=O) groups is 1. The molecule has 0 saturated carbocycles. The Labute approximate surface area is 174 Å². The molecule has 0 bridgehead atoms. The van der Waals surface area contributed by atoms with Crippen molar-refractivity contribution in [2.45, 2.75) is 39.7 Å². The van der Waals surface area contributed by atoms with Crippen LogP contribution in [0.4, 0.5) is 5.69 Å². The molecule has 3 rings (SSSR count). The van der Waals surface area contributed by atoms with Crippen LogP contribution in [0.1, 0.15) is 56.3 Å². The summed E-state index contributed by atoms with van der Waals surface area (Å²) < 4.78 is 0. The van der Waals surface area contributed by atoms with E-state index in [1.807, 2.05) is 24.3 Å². The molecule has 0 saturated heterocycles. The fourth-order valence-electron chi connectivity index (χ4n) is 3.32. The number of aromatic hydroxyl groups is 1. The van der Waals surface area contributed by atoms with Gasteiger partial charge < -0.3 is 10.4 Å². The smallest absolute Gasteiger partial charge is 0.279 e. The molecule has 30 heavy (non-hydrogen) atoms. The highest BCUT2D eigenvalue weighted by molar-refractivity contribution is 5.94. The first-order chi connectivity index (χ1) is 14.2. The molecule has 0 fully saturated rings. The number of nitrogens with zero attached hydrogens (tertiary/aromatic N) is 2. The lowest BCUT2D eigenvalue weighted by Crippen LogP contribution is -2.32. The van der Waals surface area contributed by atoms with Gasteiger partial charge in [-0.3, -0.25) is 19.9 Å². The molecule has 1 atom stereocenters. The maximum atomic E-state index is 12.5. The second-order valence-electron chi connectivity index (χ2n) is 7.91. The number of amides is 1. The minimum atomic E-state index is -0.758. The molecule has 1 heterocycles. The number of benzene rings is 2. The SMILES string of the molecule is CC(C)C(=O)NC(c1ccc(C(C)C)cc1)c1cc([N+](=O)[O-])c2cccnc2c1O. The molecule has 0 aliphatic heterocycles. The van der Waals surface area contributed by atoms with Crippen molar-refractivity contribution in [1.29, 1.82) is 0 Å². The maximum Gasteiger partial charge on any atom is 0.279 e. The monoisotopic (exact) mass is 407 g/mol. The quantitative estimate of drug-likeness (QED) is 0.449. The highest BCUT2D eigenvalue weighted by Crippen LogP contribution is 2.39. The van der Waals surface area contributed by atoms with Crippen LogP contribution in [0.25, 0.3) is 10.9 Å². The number of fused-ring (bicyclic) bond motifs is 1. The van der Waals surface area contributed by atoms with Crippen molar-refractivity contribution < 1.29 is 14.8 Å². The van der Waals surface area contributed by atoms with Gasteiger partial charge in [-0.15, -0.1) is 0 Å². The van der Waals surface area contributed by atoms with Crippen LogP contribution < -0.4 is 5.32 Å². The van der Waals surface area contributed by atoms with E-state index in [1.165, 1.54) is 12.3 Å². The number of pyridine rings is 1. The molecule has 156 valence electrons. The standard InChI is InChI=1S/C23H25N3O4/c1-13(2)15-7-9-16(10-8-15)20(25-23(28)14(3)4)18-12-19(26(29)30)17-6-5-11-24-21(17)22(18)27/h5-14,20,27H,1-4H3,(H,25,28). The largest absolute Gasteiger partial charge is 0.505 e. The van der Waals surface area contributed by atoms with Crippen LogP contribution in [0.2, 0.25) is 0 Å². The number of aromatic nitrogens is 1. The van der Waals surface area contributed by atoms with Gasteiger partial charge in [0.05, 0.1) is 16.4 Å². The Balaban J connectivity index is 2.22. The number of hydrogen-bond acceptors (Lipinski definition) is 5. The van der Waals surface area contributed by atoms with Crippen LogP contribution in [-0.4, -0.2) is 20.9 Å². The highest BCUT2D eigenvalue weighted by Gasteiger charge is 2.27. The van der Waals surface area contributed by atoms with E-state index in [0.29, 0.717) is 11.5 Å². The van der Waals surface area contributed by atoms with Crippen molar-refractivity contribution >= 4 is 22.5 Å². The lowest BCUT2D eigenvalue weighted by Gasteiger charge is -2.23. The molecule has 0 aliphatic carbocycles. The minimum Gasteiger partial charge on any atom is -0.505 e. The van der Waals surface area contributed by atoms with Crippen molar-refractivity contribution in [3.63, 3.8) is 0 Å². The number of phenols is 1. The first-order valence-electron chi connectivity index (χ1n) is 9.86. The predicted octanol–water partition coefficient (Wildman–Crippen LogP) is 4.83. The number of nitrogens with one attached hydrogen (secondary N) is 1. The Hall–Kier alpha value is -3.48. The van der Waals surface area contributed by atoms with Gasteiger partial charge in [-0.1, -0.05) is 52.0 Å². The van der Waals surface area contributed by atoms with Crippen LogP contribution in [0.3, 0.4) is 0 Å². The molecule has 0 spiro atoms. The normalized spacial score (nSPS) is 12.3. The Morgan fingerprint density at radius 1 is 1.10 bits per heavy atom. The predicted molar refractivity (Wildman–Crippen MR) is 115 cm³/mol. The summed E-state index contributed by atoms with van der Waals surface area (Å²) in [6.07, 6.45) is 1.47. The van der Waals surface area contributed by atoms with Gasteiger partial charge in [0.25, 0.3) is 5.69 Å². The van der Waals surface area contributed by atoms with Gasteiger partial charge in [-0.2, -0.15) is 0 Å². The summed E-state index contributed by atoms with van der Waals surface area (Å²) in [5, 5.41) is 25.8. The van der Waals surface area contributed by atoms with Crippen LogP contribution in [0.5, 0.6) is 5.75 Å². The molecule has 7 heteroatoms. The third kappa shape index (κ3) is 4.10. The fraction of sp³-hybridized carbons (Fsp3) is 0.304. The Kier molecular flexibility index (Phi) is 6.01. The lowest BCUT2D eigenvalue weighted by molar-refractivity contribution is -0.383. The van der Waals surface area contributed by atoms with E-state index in [9.17, 15) is 20.0 Å². The second kappa shape index (κ2) is 8.49. The first kappa shape index (κ1) is 21.2. The van der Waals surface area contributed by atoms with E-state index >= 15 is 0 Å². The molecule has 7 nitrogen and oxygen atoms in total. The van der Waals surface area contributed by atoms with Crippen molar-refractivity contribution in [3.8, 4) is 5.75 Å². The number of nitro benzene ring substituents is 1. The number of phenolic OH excluding ortho intramolecular Hbond substituents is 1. The third-order valence-corrected chi connectivity index (χ3v) is 5.13. The van der Waals surface area contributed by atoms with Gasteiger partial charge in [0.15, 0.2) is 0 Å². The Bertz CT molecular complexity index is 1090. The zero-order valence-corrected chi connectivity index (χ0v) is 17.4. The van der Waals surface area contributed by atoms with Crippen molar-refractivity contribution in [3.05, 3.63) is 75.5 Å². The van der Waals surface area contributed by atoms with Gasteiger partial charge >= 0.3 is 0 Å². The molecular weight excluding hydrogens is 382 g/mol. The first-order valence-corrected chi connectivity index (χ1v) is 9.86. The Morgan fingerprint density at radius 3 is 2.30 bits per heavy atom. The molecule has 3 aromatic rings. The molecular formula is C23H25N3O4. The average molecular weight is 407 g/mol. The van der Waals surface area contributed by atoms with E-state index in [2.05, 4.69) is 24.1 Å². The van der Waals surface area contributed by atoms with E-state index in [-0.39, 0.29) is 39.7 Å². The zero-order valence-electron chi connectivity index (χ0n) is 17.4. The number of nitro groups is 1. The molecule has 2 aromatic carbocycles. The molecule has 2 N–H and O–H groups in total. The molecule has 1 aromatic heterocycles. The Morgan fingerprint density at radius 2 is 1.73 bits per heavy atom. The van der Waals surface area contributed by atoms with Gasteiger partial charge in [0.1, 0.15) is 11.3 Å². The van der Waals surface area contributed by atoms with Crippen molar-refractivity contribution in [1.82, 2.24) is 10.3 Å². The summed E-state index contributed by atoms with van der Waals surface area (Å²) >= 11 is 0. The summed E-state index contributed by atoms with van der Waals surface area (Å²) in [4.78, 5) is 27.9. The average Bonchev–Trinajstić information content (AvgIpc) is 2.72. The van der Waals surface area contributed by atoms with E-state index in [0.717, 1.165) is 5.56 Å². The summed E-state index contributed by atoms with van der Waals surface area (Å²) in [6.45, 7) is 7.69. The zero-order chi connectivity index (χ0) is 22.0. The molecule has 0 aliphatic rings. The van der Waals surface area contributed by atoms with Crippen LogP contribution in [0.15, 0.2) is 48.7 Å². The minimum absolute atomic E-state index is 0.129. The van der Waals surface area contributed by atoms with Crippen LogP contribution in [-0.2, 0) is 4.79 Å². The fourth-order valence-corrected chi connectivity index (χ4v) is 3.32. The van der Waals surface area contributed by atoms with Crippen molar-refractivity contribution in [2.24, 2.45) is 5.92 Å². The maximum absolute atomic E-state index is 12.5. The topological polar surface area (TPSA) is 105 Å². The van der Waals surface area contributed by atoms with Crippen LogP contribution in [0, 0.1) is 16.0 Å². The van der Waals surface area contributed by atoms with E-state index < -0.39 is 11.0 Å². The van der Waals surface area contributed by atoms with Gasteiger partial charge in [0, 0.05) is 23.7 Å². The number of non-ortho nitro benzene ring substituents is 1. The van der Waals surface area contributed by atoms with Gasteiger partial charge in [-0.05, 0) is 29.2 Å². The second-order valence-corrected chi connectivity index (χ2v) is 7.91. The lowest BCUT2D eigenvalue weighted by atomic mass is 9.93. The number of carbonyl (C=O) groups excluding carboxylic acids is 1. The summed E-state index contributed by atoms with van der Waals surface area (Å²) in [6, 6.07) is 11.3. The highest BCUT2D eigenvalue weighted by atomic mass is 16.6. The van der Waals surface area contributed by atoms with E-state index in [1.54, 1.807) is 26.0 Å². The van der Waals surface area contributed by atoms with Gasteiger partial charge in [-0.25, -0.2) is 0 Å². The van der Waals surface area contributed by atoms with Gasteiger partial charge in [0.2, 0.25) is 5.91 Å². The van der Waals surface area contributed by atoms with E-state index in [4.69, 9.17) is 0 Å².